The fourth-order valence-corrected chi connectivity index (χ4v) is 2.48. The average Bonchev–Trinajstić information content (AvgIpc) is 2.82. The summed E-state index contributed by atoms with van der Waals surface area (Å²) in [6.07, 6.45) is 1.93. The van der Waals surface area contributed by atoms with E-state index in [9.17, 15) is 5.11 Å². The van der Waals surface area contributed by atoms with E-state index in [1.54, 1.807) is 13.8 Å². The predicted octanol–water partition coefficient (Wildman–Crippen LogP) is 1.88. The Balaban J connectivity index is 1.97. The number of aliphatic hydroxyl groups is 1. The Morgan fingerprint density at radius 1 is 1.26 bits per heavy atom. The molecule has 1 aliphatic heterocycles. The van der Waals surface area contributed by atoms with Crippen molar-refractivity contribution < 1.29 is 5.11 Å². The van der Waals surface area contributed by atoms with Gasteiger partial charge in [0.25, 0.3) is 0 Å². The molecule has 1 aromatic heterocycles. The first-order valence-corrected chi connectivity index (χ1v) is 6.64. The maximum Gasteiger partial charge on any atom is 0.0840 e. The number of nitrogens with zero attached hydrogens (tertiary/aromatic N) is 2. The van der Waals surface area contributed by atoms with E-state index >= 15 is 0 Å². The number of rotatable bonds is 2. The zero-order valence-corrected chi connectivity index (χ0v) is 11.3. The minimum absolute atomic E-state index is 0.793. The molecule has 2 N–H and O–H groups in total. The molecule has 0 atom stereocenters. The van der Waals surface area contributed by atoms with Gasteiger partial charge in [-0.15, -0.1) is 0 Å². The largest absolute Gasteiger partial charge is 0.386 e. The highest BCUT2D eigenvalue weighted by Crippen LogP contribution is 2.27. The van der Waals surface area contributed by atoms with Crippen LogP contribution in [-0.2, 0) is 18.7 Å². The molecule has 0 radical (unpaired) electrons. The fraction of sp³-hybridized carbons (Fsp3) is 0.400. The summed E-state index contributed by atoms with van der Waals surface area (Å²) in [7, 11) is 0. The molecule has 19 heavy (non-hydrogen) atoms. The maximum atomic E-state index is 9.98. The Hall–Kier alpha value is -1.65. The third kappa shape index (κ3) is 2.29. The van der Waals surface area contributed by atoms with Crippen molar-refractivity contribution in [3.05, 3.63) is 41.7 Å². The van der Waals surface area contributed by atoms with Crippen LogP contribution in [0.15, 0.2) is 30.5 Å². The molecule has 2 heterocycles. The van der Waals surface area contributed by atoms with Gasteiger partial charge in [-0.2, -0.15) is 5.10 Å². The van der Waals surface area contributed by atoms with Crippen molar-refractivity contribution in [3.8, 4) is 11.1 Å². The predicted molar refractivity (Wildman–Crippen MR) is 74.6 cm³/mol. The van der Waals surface area contributed by atoms with Gasteiger partial charge in [-0.05, 0) is 25.0 Å². The van der Waals surface area contributed by atoms with E-state index in [4.69, 9.17) is 0 Å². The van der Waals surface area contributed by atoms with Crippen molar-refractivity contribution in [2.75, 3.05) is 6.54 Å². The van der Waals surface area contributed by atoms with Crippen LogP contribution in [0, 0.1) is 0 Å². The first-order valence-electron chi connectivity index (χ1n) is 6.64. The van der Waals surface area contributed by atoms with Gasteiger partial charge in [-0.1, -0.05) is 24.3 Å². The van der Waals surface area contributed by atoms with E-state index in [-0.39, 0.29) is 0 Å². The van der Waals surface area contributed by atoms with Crippen LogP contribution < -0.4 is 5.32 Å². The summed E-state index contributed by atoms with van der Waals surface area (Å²) in [6.45, 7) is 6.37. The van der Waals surface area contributed by atoms with Crippen LogP contribution in [0.1, 0.15) is 25.1 Å². The van der Waals surface area contributed by atoms with Crippen LogP contribution in [0.25, 0.3) is 11.1 Å². The Labute approximate surface area is 113 Å². The van der Waals surface area contributed by atoms with Crippen LogP contribution in [0.3, 0.4) is 0 Å². The lowest BCUT2D eigenvalue weighted by Crippen LogP contribution is -2.28. The second-order valence-electron chi connectivity index (χ2n) is 5.54. The van der Waals surface area contributed by atoms with Crippen molar-refractivity contribution in [1.29, 1.82) is 0 Å². The van der Waals surface area contributed by atoms with Crippen LogP contribution in [0.4, 0.5) is 0 Å². The number of hydrogen-bond donors (Lipinski definition) is 2. The van der Waals surface area contributed by atoms with Crippen LogP contribution in [0.2, 0.25) is 0 Å². The summed E-state index contributed by atoms with van der Waals surface area (Å²) < 4.78 is 2.07. The molecule has 0 fully saturated rings. The van der Waals surface area contributed by atoms with Gasteiger partial charge in [0.15, 0.2) is 0 Å². The lowest BCUT2D eigenvalue weighted by molar-refractivity contribution is 0.0786. The highest BCUT2D eigenvalue weighted by Gasteiger charge is 2.18. The standard InChI is InChI=1S/C15H19N3O/c1-15(2,19)12-5-3-11(4-6-12)13-9-17-18-8-7-16-10-14(13)18/h3-6,9,16,19H,7-8,10H2,1-2H3. The van der Waals surface area contributed by atoms with E-state index in [0.717, 1.165) is 30.8 Å². The number of nitrogens with one attached hydrogen (secondary N) is 1. The molecule has 0 spiro atoms. The van der Waals surface area contributed by atoms with Crippen molar-refractivity contribution >= 4 is 0 Å². The van der Waals surface area contributed by atoms with Crippen molar-refractivity contribution in [1.82, 2.24) is 15.1 Å². The quantitative estimate of drug-likeness (QED) is 0.863. The summed E-state index contributed by atoms with van der Waals surface area (Å²) >= 11 is 0. The molecule has 4 heteroatoms. The third-order valence-electron chi connectivity index (χ3n) is 3.64. The zero-order valence-electron chi connectivity index (χ0n) is 11.3. The van der Waals surface area contributed by atoms with Crippen LogP contribution in [-0.4, -0.2) is 21.4 Å². The molecule has 2 aromatic rings. The first-order chi connectivity index (χ1) is 9.05. The Kier molecular flexibility index (Phi) is 2.92. The Morgan fingerprint density at radius 2 is 2.00 bits per heavy atom. The lowest BCUT2D eigenvalue weighted by atomic mass is 9.95. The molecule has 4 nitrogen and oxygen atoms in total. The normalized spacial score (nSPS) is 15.3. The first kappa shape index (κ1) is 12.4. The van der Waals surface area contributed by atoms with Gasteiger partial charge in [0.2, 0.25) is 0 Å². The molecule has 3 rings (SSSR count). The molecular weight excluding hydrogens is 238 g/mol. The van der Waals surface area contributed by atoms with Gasteiger partial charge in [0.05, 0.1) is 24.0 Å². The molecule has 0 saturated heterocycles. The van der Waals surface area contributed by atoms with Gasteiger partial charge in [0.1, 0.15) is 0 Å². The summed E-state index contributed by atoms with van der Waals surface area (Å²) in [5, 5.41) is 17.8. The van der Waals surface area contributed by atoms with Gasteiger partial charge in [-0.25, -0.2) is 0 Å². The molecule has 100 valence electrons. The number of hydrogen-bond acceptors (Lipinski definition) is 3. The van der Waals surface area contributed by atoms with E-state index in [2.05, 4.69) is 27.2 Å². The smallest absolute Gasteiger partial charge is 0.0840 e. The van der Waals surface area contributed by atoms with Crippen molar-refractivity contribution in [3.63, 3.8) is 0 Å². The van der Waals surface area contributed by atoms with E-state index in [1.165, 1.54) is 11.3 Å². The average molecular weight is 257 g/mol. The zero-order chi connectivity index (χ0) is 13.5. The topological polar surface area (TPSA) is 50.1 Å². The highest BCUT2D eigenvalue weighted by molar-refractivity contribution is 5.66. The summed E-state index contributed by atoms with van der Waals surface area (Å²) in [5.74, 6) is 0. The van der Waals surface area contributed by atoms with Crippen molar-refractivity contribution in [2.45, 2.75) is 32.5 Å². The third-order valence-corrected chi connectivity index (χ3v) is 3.64. The van der Waals surface area contributed by atoms with Crippen molar-refractivity contribution in [2.24, 2.45) is 0 Å². The number of aromatic nitrogens is 2. The molecule has 0 bridgehead atoms. The van der Waals surface area contributed by atoms with Gasteiger partial charge < -0.3 is 10.4 Å². The van der Waals surface area contributed by atoms with Gasteiger partial charge in [0, 0.05) is 18.7 Å². The summed E-state index contributed by atoms with van der Waals surface area (Å²) in [4.78, 5) is 0. The molecule has 0 unspecified atom stereocenters. The molecule has 0 amide bonds. The molecular formula is C15H19N3O. The monoisotopic (exact) mass is 257 g/mol. The second kappa shape index (κ2) is 4.47. The molecule has 0 aliphatic carbocycles. The SMILES string of the molecule is CC(C)(O)c1ccc(-c2cnn3c2CNCC3)cc1. The van der Waals surface area contributed by atoms with E-state index in [0.29, 0.717) is 0 Å². The molecule has 0 saturated carbocycles. The summed E-state index contributed by atoms with van der Waals surface area (Å²) in [6, 6.07) is 8.07. The molecule has 1 aliphatic rings. The lowest BCUT2D eigenvalue weighted by Gasteiger charge is -2.19. The van der Waals surface area contributed by atoms with Crippen LogP contribution >= 0.6 is 0 Å². The number of fused-ring (bicyclic) bond motifs is 1. The Bertz CT molecular complexity index is 578. The van der Waals surface area contributed by atoms with E-state index < -0.39 is 5.60 Å². The fourth-order valence-electron chi connectivity index (χ4n) is 2.48. The van der Waals surface area contributed by atoms with Crippen LogP contribution in [0.5, 0.6) is 0 Å². The Morgan fingerprint density at radius 3 is 2.68 bits per heavy atom. The number of benzene rings is 1. The maximum absolute atomic E-state index is 9.98. The summed E-state index contributed by atoms with van der Waals surface area (Å²) in [5.41, 5.74) is 3.70. The minimum atomic E-state index is -0.793. The van der Waals surface area contributed by atoms with Gasteiger partial charge >= 0.3 is 0 Å². The second-order valence-corrected chi connectivity index (χ2v) is 5.54. The van der Waals surface area contributed by atoms with E-state index in [1.807, 2.05) is 18.3 Å². The van der Waals surface area contributed by atoms with Gasteiger partial charge in [-0.3, -0.25) is 4.68 Å². The minimum Gasteiger partial charge on any atom is -0.386 e. The highest BCUT2D eigenvalue weighted by atomic mass is 16.3. The molecule has 1 aromatic carbocycles.